The fourth-order valence-corrected chi connectivity index (χ4v) is 6.85. The summed E-state index contributed by atoms with van der Waals surface area (Å²) in [7, 11) is -2.97. The normalized spacial score (nSPS) is 28.0. The van der Waals surface area contributed by atoms with E-state index >= 15 is 0 Å². The topological polar surface area (TPSA) is 55.7 Å². The second-order valence-corrected chi connectivity index (χ2v) is 11.5. The molecule has 0 radical (unpaired) electrons. The molecule has 2 heterocycles. The summed E-state index contributed by atoms with van der Waals surface area (Å²) in [5.41, 5.74) is 10.6. The average molecular weight is 466 g/mol. The van der Waals surface area contributed by atoms with E-state index < -0.39 is 9.84 Å². The number of sulfone groups is 1. The minimum atomic E-state index is -2.97. The lowest BCUT2D eigenvalue weighted by Crippen LogP contribution is -2.24. The predicted octanol–water partition coefficient (Wildman–Crippen LogP) is 5.62. The molecule has 1 saturated heterocycles. The molecule has 0 bridgehead atoms. The van der Waals surface area contributed by atoms with Crippen LogP contribution in [0.1, 0.15) is 52.9 Å². The van der Waals surface area contributed by atoms with Crippen LogP contribution in [0.3, 0.4) is 0 Å². The SMILES string of the molecule is CCOC(C)C1=C(C)C(C2CCCCS(=O)(=O)CC2)=C=CC2=C(C3=CCC=CC=C3)C=NC21. The molecule has 0 saturated carbocycles. The molecule has 4 aliphatic rings. The van der Waals surface area contributed by atoms with Gasteiger partial charge in [0.15, 0.2) is 0 Å². The third-order valence-corrected chi connectivity index (χ3v) is 8.85. The van der Waals surface area contributed by atoms with E-state index in [0.29, 0.717) is 18.8 Å². The highest BCUT2D eigenvalue weighted by atomic mass is 32.2. The number of hydrogen-bond donors (Lipinski definition) is 0. The second kappa shape index (κ2) is 10.4. The van der Waals surface area contributed by atoms with Gasteiger partial charge in [0.1, 0.15) is 15.9 Å². The van der Waals surface area contributed by atoms with Gasteiger partial charge in [-0.2, -0.15) is 0 Å². The lowest BCUT2D eigenvalue weighted by Gasteiger charge is -2.27. The van der Waals surface area contributed by atoms with Crippen molar-refractivity contribution < 1.29 is 13.2 Å². The van der Waals surface area contributed by atoms with Crippen molar-refractivity contribution in [3.63, 3.8) is 0 Å². The van der Waals surface area contributed by atoms with E-state index in [1.165, 1.54) is 16.7 Å². The zero-order valence-electron chi connectivity index (χ0n) is 20.0. The smallest absolute Gasteiger partial charge is 0.150 e. The van der Waals surface area contributed by atoms with Crippen molar-refractivity contribution in [1.29, 1.82) is 0 Å². The number of ether oxygens (including phenoxy) is 1. The Labute approximate surface area is 198 Å². The van der Waals surface area contributed by atoms with Crippen molar-refractivity contribution in [2.24, 2.45) is 10.9 Å². The van der Waals surface area contributed by atoms with Crippen LogP contribution in [0.25, 0.3) is 0 Å². The van der Waals surface area contributed by atoms with E-state index in [0.717, 1.165) is 42.4 Å². The Balaban J connectivity index is 1.81. The Bertz CT molecular complexity index is 1140. The van der Waals surface area contributed by atoms with Gasteiger partial charge in [0.2, 0.25) is 0 Å². The minimum absolute atomic E-state index is 0.0765. The monoisotopic (exact) mass is 465 g/mol. The Morgan fingerprint density at radius 1 is 1.21 bits per heavy atom. The summed E-state index contributed by atoms with van der Waals surface area (Å²) in [6, 6.07) is -0.0886. The summed E-state index contributed by atoms with van der Waals surface area (Å²) in [5, 5.41) is 0. The van der Waals surface area contributed by atoms with E-state index in [-0.39, 0.29) is 23.8 Å². The van der Waals surface area contributed by atoms with Crippen LogP contribution in [0.4, 0.5) is 0 Å². The van der Waals surface area contributed by atoms with Crippen LogP contribution in [-0.4, -0.2) is 44.9 Å². The molecular weight excluding hydrogens is 430 g/mol. The number of fused-ring (bicyclic) bond motifs is 1. The van der Waals surface area contributed by atoms with Crippen LogP contribution in [0.15, 0.2) is 80.6 Å². The maximum atomic E-state index is 12.4. The van der Waals surface area contributed by atoms with Gasteiger partial charge in [0.25, 0.3) is 0 Å². The van der Waals surface area contributed by atoms with Crippen molar-refractivity contribution in [2.45, 2.75) is 65.0 Å². The van der Waals surface area contributed by atoms with E-state index in [9.17, 15) is 8.42 Å². The van der Waals surface area contributed by atoms with Crippen LogP contribution < -0.4 is 0 Å². The molecule has 0 N–H and O–H groups in total. The van der Waals surface area contributed by atoms with Crippen molar-refractivity contribution in [2.75, 3.05) is 18.1 Å². The van der Waals surface area contributed by atoms with Crippen LogP contribution in [-0.2, 0) is 14.6 Å². The number of aliphatic imine (C=N–C) groups is 1. The molecule has 1 fully saturated rings. The highest BCUT2D eigenvalue weighted by Crippen LogP contribution is 2.40. The van der Waals surface area contributed by atoms with Crippen LogP contribution in [0, 0.1) is 5.92 Å². The van der Waals surface area contributed by atoms with Gasteiger partial charge in [-0.15, -0.1) is 5.73 Å². The molecule has 4 nitrogen and oxygen atoms in total. The van der Waals surface area contributed by atoms with E-state index in [2.05, 4.69) is 56.0 Å². The van der Waals surface area contributed by atoms with E-state index in [1.807, 2.05) is 13.1 Å². The number of rotatable bonds is 5. The van der Waals surface area contributed by atoms with E-state index in [1.54, 1.807) is 0 Å². The second-order valence-electron chi connectivity index (χ2n) is 9.25. The van der Waals surface area contributed by atoms with Gasteiger partial charge in [0.05, 0.1) is 17.6 Å². The van der Waals surface area contributed by atoms with Gasteiger partial charge >= 0.3 is 0 Å². The Kier molecular flexibility index (Phi) is 7.53. The molecule has 0 amide bonds. The van der Waals surface area contributed by atoms with Crippen molar-refractivity contribution in [3.05, 3.63) is 75.6 Å². The maximum absolute atomic E-state index is 12.4. The van der Waals surface area contributed by atoms with Crippen LogP contribution >= 0.6 is 0 Å². The molecule has 0 aromatic heterocycles. The predicted molar refractivity (Wildman–Crippen MR) is 136 cm³/mol. The maximum Gasteiger partial charge on any atom is 0.150 e. The number of allylic oxidation sites excluding steroid dienone is 8. The minimum Gasteiger partial charge on any atom is -0.374 e. The quantitative estimate of drug-likeness (QED) is 0.495. The molecule has 176 valence electrons. The molecule has 5 heteroatoms. The summed E-state index contributed by atoms with van der Waals surface area (Å²) < 4.78 is 30.8. The summed E-state index contributed by atoms with van der Waals surface area (Å²) >= 11 is 0. The third kappa shape index (κ3) is 5.32. The van der Waals surface area contributed by atoms with Gasteiger partial charge in [-0.3, -0.25) is 4.99 Å². The van der Waals surface area contributed by atoms with Crippen molar-refractivity contribution >= 4 is 16.1 Å². The van der Waals surface area contributed by atoms with E-state index in [4.69, 9.17) is 9.73 Å². The zero-order chi connectivity index (χ0) is 23.4. The number of nitrogens with zero attached hydrogens (tertiary/aromatic N) is 1. The first-order valence-electron chi connectivity index (χ1n) is 12.2. The molecule has 0 spiro atoms. The highest BCUT2D eigenvalue weighted by Gasteiger charge is 2.33. The molecule has 2 aliphatic heterocycles. The van der Waals surface area contributed by atoms with Gasteiger partial charge in [-0.05, 0) is 80.7 Å². The average Bonchev–Trinajstić information content (AvgIpc) is 2.93. The van der Waals surface area contributed by atoms with Gasteiger partial charge in [-0.1, -0.05) is 36.8 Å². The molecule has 3 atom stereocenters. The number of hydrogen-bond acceptors (Lipinski definition) is 4. The first-order valence-corrected chi connectivity index (χ1v) is 14.0. The standard InChI is InChI=1S/C28H35NO3S/c1-4-32-21(3)27-20(2)24(23-13-9-10-17-33(30,31)18-16-23)14-15-25-26(19-29-28(25)27)22-11-7-5-6-8-12-22/h5-7,11-12,15,19,21,23,28H,4,8-10,13,16-18H2,1-3H3. The van der Waals surface area contributed by atoms with Gasteiger partial charge in [0, 0.05) is 24.0 Å². The largest absolute Gasteiger partial charge is 0.374 e. The molecule has 0 aromatic carbocycles. The van der Waals surface area contributed by atoms with Crippen molar-refractivity contribution in [1.82, 2.24) is 0 Å². The molecule has 3 unspecified atom stereocenters. The Hall–Kier alpha value is -2.20. The molecule has 0 aromatic rings. The lowest BCUT2D eigenvalue weighted by molar-refractivity contribution is 0.0978. The van der Waals surface area contributed by atoms with Gasteiger partial charge in [-0.25, -0.2) is 8.42 Å². The summed E-state index contributed by atoms with van der Waals surface area (Å²) in [4.78, 5) is 4.96. The summed E-state index contributed by atoms with van der Waals surface area (Å²) in [6.45, 7) is 6.91. The third-order valence-electron chi connectivity index (χ3n) is 7.08. The van der Waals surface area contributed by atoms with Crippen molar-refractivity contribution in [3.8, 4) is 0 Å². The first-order chi connectivity index (χ1) is 15.9. The molecule has 33 heavy (non-hydrogen) atoms. The molecule has 2 aliphatic carbocycles. The first kappa shape index (κ1) is 23.9. The Morgan fingerprint density at radius 3 is 2.88 bits per heavy atom. The summed E-state index contributed by atoms with van der Waals surface area (Å²) in [6.07, 6.45) is 19.0. The zero-order valence-corrected chi connectivity index (χ0v) is 20.8. The highest BCUT2D eigenvalue weighted by molar-refractivity contribution is 7.91. The van der Waals surface area contributed by atoms with Crippen LogP contribution in [0.5, 0.6) is 0 Å². The Morgan fingerprint density at radius 2 is 2.06 bits per heavy atom. The molecular formula is C28H35NO3S. The fourth-order valence-electron chi connectivity index (χ4n) is 5.36. The van der Waals surface area contributed by atoms with Gasteiger partial charge < -0.3 is 4.74 Å². The summed E-state index contributed by atoms with van der Waals surface area (Å²) in [5.74, 6) is 0.765. The molecule has 4 rings (SSSR count). The lowest BCUT2D eigenvalue weighted by atomic mass is 9.83. The fraction of sp³-hybridized carbons (Fsp3) is 0.500. The van der Waals surface area contributed by atoms with Crippen LogP contribution in [0.2, 0.25) is 0 Å².